The Hall–Kier alpha value is -3.00. The molecule has 0 bridgehead atoms. The quantitative estimate of drug-likeness (QED) is 0.693. The average molecular weight is 370 g/mol. The summed E-state index contributed by atoms with van der Waals surface area (Å²) in [6.07, 6.45) is 0.465. The molecule has 0 aliphatic heterocycles. The predicted molar refractivity (Wildman–Crippen MR) is 99.5 cm³/mol. The van der Waals surface area contributed by atoms with E-state index in [2.05, 4.69) is 20.8 Å². The normalized spacial score (nSPS) is 10.5. The highest BCUT2D eigenvalue weighted by molar-refractivity contribution is 7.15. The van der Waals surface area contributed by atoms with Crippen molar-refractivity contribution in [1.82, 2.24) is 15.5 Å². The van der Waals surface area contributed by atoms with Crippen molar-refractivity contribution in [1.29, 1.82) is 0 Å². The van der Waals surface area contributed by atoms with Gasteiger partial charge in [0, 0.05) is 29.5 Å². The topological polar surface area (TPSA) is 97.1 Å². The Morgan fingerprint density at radius 1 is 1.15 bits per heavy atom. The number of nitrogens with zero attached hydrogens (tertiary/aromatic N) is 2. The monoisotopic (exact) mass is 370 g/mol. The van der Waals surface area contributed by atoms with Gasteiger partial charge >= 0.3 is 0 Å². The molecule has 2 aromatic heterocycles. The van der Waals surface area contributed by atoms with Crippen LogP contribution in [-0.2, 0) is 16.1 Å². The number of amides is 2. The van der Waals surface area contributed by atoms with E-state index in [0.717, 1.165) is 15.3 Å². The Morgan fingerprint density at radius 2 is 1.92 bits per heavy atom. The molecule has 0 fully saturated rings. The number of hydrogen-bond donors (Lipinski definition) is 2. The lowest BCUT2D eigenvalue weighted by atomic mass is 10.2. The molecule has 2 amide bonds. The number of carbonyl (C=O) groups excluding carboxylic acids is 2. The van der Waals surface area contributed by atoms with Crippen molar-refractivity contribution >= 4 is 28.8 Å². The number of thiophene rings is 1. The molecule has 2 heterocycles. The third kappa shape index (κ3) is 4.34. The van der Waals surface area contributed by atoms with Crippen LogP contribution in [0.25, 0.3) is 22.2 Å². The second-order valence-electron chi connectivity index (χ2n) is 5.58. The molecule has 134 valence electrons. The SMILES string of the molecule is CCC(=O)NCc1ccc(-c2noc(-c3ccc(NC(C)=O)cc3)n2)s1. The Balaban J connectivity index is 1.70. The van der Waals surface area contributed by atoms with E-state index in [4.69, 9.17) is 4.52 Å². The number of carbonyl (C=O) groups is 2. The number of rotatable bonds is 6. The van der Waals surface area contributed by atoms with Gasteiger partial charge in [-0.1, -0.05) is 12.1 Å². The van der Waals surface area contributed by atoms with E-state index in [1.54, 1.807) is 12.1 Å². The summed E-state index contributed by atoms with van der Waals surface area (Å²) < 4.78 is 5.34. The smallest absolute Gasteiger partial charge is 0.258 e. The summed E-state index contributed by atoms with van der Waals surface area (Å²) in [6.45, 7) is 3.77. The van der Waals surface area contributed by atoms with Crippen molar-refractivity contribution in [2.45, 2.75) is 26.8 Å². The molecule has 0 saturated heterocycles. The van der Waals surface area contributed by atoms with Crippen molar-refractivity contribution in [3.05, 3.63) is 41.3 Å². The van der Waals surface area contributed by atoms with Gasteiger partial charge in [-0.2, -0.15) is 4.98 Å². The third-order valence-electron chi connectivity index (χ3n) is 3.54. The zero-order valence-corrected chi connectivity index (χ0v) is 15.2. The van der Waals surface area contributed by atoms with Gasteiger partial charge in [0.1, 0.15) is 0 Å². The molecule has 3 rings (SSSR count). The summed E-state index contributed by atoms with van der Waals surface area (Å²) in [4.78, 5) is 28.7. The van der Waals surface area contributed by atoms with E-state index in [9.17, 15) is 9.59 Å². The molecule has 0 aliphatic rings. The molecular weight excluding hydrogens is 352 g/mol. The molecule has 2 N–H and O–H groups in total. The largest absolute Gasteiger partial charge is 0.351 e. The molecule has 3 aromatic rings. The van der Waals surface area contributed by atoms with E-state index in [-0.39, 0.29) is 11.8 Å². The number of anilines is 1. The van der Waals surface area contributed by atoms with Crippen LogP contribution in [0.3, 0.4) is 0 Å². The molecule has 0 spiro atoms. The first kappa shape index (κ1) is 17.8. The number of aromatic nitrogens is 2. The zero-order chi connectivity index (χ0) is 18.5. The highest BCUT2D eigenvalue weighted by Crippen LogP contribution is 2.28. The number of nitrogens with one attached hydrogen (secondary N) is 2. The zero-order valence-electron chi connectivity index (χ0n) is 14.4. The highest BCUT2D eigenvalue weighted by Gasteiger charge is 2.13. The Kier molecular flexibility index (Phi) is 5.43. The Labute approximate surface area is 154 Å². The van der Waals surface area contributed by atoms with E-state index in [1.165, 1.54) is 18.3 Å². The van der Waals surface area contributed by atoms with Crippen LogP contribution in [0.5, 0.6) is 0 Å². The van der Waals surface area contributed by atoms with E-state index >= 15 is 0 Å². The first-order chi connectivity index (χ1) is 12.5. The fourth-order valence-corrected chi connectivity index (χ4v) is 3.12. The summed E-state index contributed by atoms with van der Waals surface area (Å²) in [6, 6.07) is 11.0. The third-order valence-corrected chi connectivity index (χ3v) is 4.62. The molecule has 26 heavy (non-hydrogen) atoms. The minimum atomic E-state index is -0.124. The van der Waals surface area contributed by atoms with Crippen molar-refractivity contribution in [2.24, 2.45) is 0 Å². The molecule has 7 nitrogen and oxygen atoms in total. The van der Waals surface area contributed by atoms with Gasteiger partial charge in [0.15, 0.2) is 0 Å². The van der Waals surface area contributed by atoms with Gasteiger partial charge in [0.25, 0.3) is 5.89 Å². The number of hydrogen-bond acceptors (Lipinski definition) is 6. The van der Waals surface area contributed by atoms with Gasteiger partial charge in [-0.15, -0.1) is 11.3 Å². The Bertz CT molecular complexity index is 915. The molecular formula is C18H18N4O3S. The van der Waals surface area contributed by atoms with Gasteiger partial charge in [0.05, 0.1) is 11.4 Å². The van der Waals surface area contributed by atoms with Crippen LogP contribution in [-0.4, -0.2) is 22.0 Å². The van der Waals surface area contributed by atoms with Crippen LogP contribution >= 0.6 is 11.3 Å². The second-order valence-corrected chi connectivity index (χ2v) is 6.75. The predicted octanol–water partition coefficient (Wildman–Crippen LogP) is 3.45. The molecule has 1 aromatic carbocycles. The fraction of sp³-hybridized carbons (Fsp3) is 0.222. The van der Waals surface area contributed by atoms with Crippen molar-refractivity contribution in [2.75, 3.05) is 5.32 Å². The summed E-state index contributed by atoms with van der Waals surface area (Å²) in [5.41, 5.74) is 1.47. The lowest BCUT2D eigenvalue weighted by molar-refractivity contribution is -0.121. The van der Waals surface area contributed by atoms with Gasteiger partial charge in [0.2, 0.25) is 17.6 Å². The molecule has 0 saturated carbocycles. The maximum Gasteiger partial charge on any atom is 0.258 e. The molecule has 0 aliphatic carbocycles. The van der Waals surface area contributed by atoms with Crippen LogP contribution in [0, 0.1) is 0 Å². The minimum absolute atomic E-state index is 0.0181. The van der Waals surface area contributed by atoms with Gasteiger partial charge in [-0.05, 0) is 36.4 Å². The maximum absolute atomic E-state index is 11.3. The second kappa shape index (κ2) is 7.92. The van der Waals surface area contributed by atoms with Crippen LogP contribution in [0.1, 0.15) is 25.1 Å². The minimum Gasteiger partial charge on any atom is -0.351 e. The first-order valence-corrected chi connectivity index (χ1v) is 8.94. The fourth-order valence-electron chi connectivity index (χ4n) is 2.24. The van der Waals surface area contributed by atoms with E-state index < -0.39 is 0 Å². The van der Waals surface area contributed by atoms with Crippen LogP contribution in [0.4, 0.5) is 5.69 Å². The summed E-state index contributed by atoms with van der Waals surface area (Å²) in [7, 11) is 0. The molecule has 0 atom stereocenters. The van der Waals surface area contributed by atoms with Gasteiger partial charge < -0.3 is 15.2 Å². The first-order valence-electron chi connectivity index (χ1n) is 8.12. The highest BCUT2D eigenvalue weighted by atomic mass is 32.1. The van der Waals surface area contributed by atoms with E-state index in [1.807, 2.05) is 31.2 Å². The maximum atomic E-state index is 11.3. The van der Waals surface area contributed by atoms with Crippen LogP contribution < -0.4 is 10.6 Å². The number of benzene rings is 1. The summed E-state index contributed by atoms with van der Waals surface area (Å²) in [5.74, 6) is 0.804. The molecule has 0 radical (unpaired) electrons. The summed E-state index contributed by atoms with van der Waals surface area (Å²) >= 11 is 1.51. The van der Waals surface area contributed by atoms with Crippen LogP contribution in [0.15, 0.2) is 40.9 Å². The van der Waals surface area contributed by atoms with Gasteiger partial charge in [-0.25, -0.2) is 0 Å². The van der Waals surface area contributed by atoms with E-state index in [0.29, 0.717) is 30.4 Å². The van der Waals surface area contributed by atoms with Crippen molar-refractivity contribution < 1.29 is 14.1 Å². The lowest BCUT2D eigenvalue weighted by Gasteiger charge is -2.01. The standard InChI is InChI=1S/C18H18N4O3S/c1-3-16(24)19-10-14-8-9-15(26-14)17-21-18(25-22-17)12-4-6-13(7-5-12)20-11(2)23/h4-9H,3,10H2,1-2H3,(H,19,24)(H,20,23). The van der Waals surface area contributed by atoms with Crippen molar-refractivity contribution in [3.63, 3.8) is 0 Å². The average Bonchev–Trinajstić information content (AvgIpc) is 3.29. The van der Waals surface area contributed by atoms with Gasteiger partial charge in [-0.3, -0.25) is 9.59 Å². The van der Waals surface area contributed by atoms with Crippen molar-refractivity contribution in [3.8, 4) is 22.2 Å². The lowest BCUT2D eigenvalue weighted by Crippen LogP contribution is -2.20. The molecule has 8 heteroatoms. The summed E-state index contributed by atoms with van der Waals surface area (Å²) in [5, 5.41) is 9.57. The Morgan fingerprint density at radius 3 is 2.62 bits per heavy atom. The molecule has 0 unspecified atom stereocenters. The van der Waals surface area contributed by atoms with Crippen LogP contribution in [0.2, 0.25) is 0 Å².